The first-order valence-corrected chi connectivity index (χ1v) is 5.07. The number of halogens is 2. The van der Waals surface area contributed by atoms with Crippen molar-refractivity contribution in [2.45, 2.75) is 0 Å². The zero-order chi connectivity index (χ0) is 10.1. The molecular weight excluding hydrogens is 251 g/mol. The van der Waals surface area contributed by atoms with Crippen molar-refractivity contribution < 1.29 is 9.18 Å². The van der Waals surface area contributed by atoms with Gasteiger partial charge in [-0.2, -0.15) is 0 Å². The molecular formula is C9H6BrFN2O. The van der Waals surface area contributed by atoms with Crippen LogP contribution in [-0.2, 0) is 0 Å². The van der Waals surface area contributed by atoms with E-state index in [4.69, 9.17) is 0 Å². The average molecular weight is 257 g/mol. The Morgan fingerprint density at radius 1 is 1.64 bits per heavy atom. The molecule has 5 heteroatoms. The van der Waals surface area contributed by atoms with Crippen LogP contribution in [0.3, 0.4) is 0 Å². The first-order chi connectivity index (χ1) is 6.74. The van der Waals surface area contributed by atoms with Crippen LogP contribution in [0.25, 0.3) is 11.0 Å². The number of H-pyrrole nitrogens is 1. The molecule has 2 aromatic heterocycles. The topological polar surface area (TPSA) is 45.8 Å². The number of rotatable bonds is 2. The first kappa shape index (κ1) is 9.33. The second-order valence-corrected chi connectivity index (χ2v) is 3.34. The summed E-state index contributed by atoms with van der Waals surface area (Å²) in [6, 6.07) is 1.24. The lowest BCUT2D eigenvalue weighted by atomic mass is 10.1. The fourth-order valence-electron chi connectivity index (χ4n) is 1.31. The van der Waals surface area contributed by atoms with E-state index >= 15 is 0 Å². The lowest BCUT2D eigenvalue weighted by molar-refractivity contribution is 0.102. The predicted octanol–water partition coefficient (Wildman–Crippen LogP) is 2.28. The summed E-state index contributed by atoms with van der Waals surface area (Å²) in [4.78, 5) is 18.0. The van der Waals surface area contributed by atoms with Crippen molar-refractivity contribution in [2.24, 2.45) is 0 Å². The van der Waals surface area contributed by atoms with Gasteiger partial charge in [0.05, 0.1) is 10.7 Å². The number of nitrogens with one attached hydrogen (secondary N) is 1. The van der Waals surface area contributed by atoms with E-state index in [0.29, 0.717) is 11.2 Å². The van der Waals surface area contributed by atoms with Gasteiger partial charge in [0.25, 0.3) is 0 Å². The molecule has 3 nitrogen and oxygen atoms in total. The molecule has 2 heterocycles. The molecule has 0 aliphatic rings. The number of carbonyl (C=O) groups is 1. The maximum absolute atomic E-state index is 13.3. The van der Waals surface area contributed by atoms with E-state index in [0.717, 1.165) is 0 Å². The van der Waals surface area contributed by atoms with Crippen molar-refractivity contribution in [1.82, 2.24) is 9.97 Å². The van der Waals surface area contributed by atoms with Gasteiger partial charge in [0.1, 0.15) is 11.5 Å². The van der Waals surface area contributed by atoms with Crippen LogP contribution in [0.5, 0.6) is 0 Å². The highest BCUT2D eigenvalue weighted by molar-refractivity contribution is 9.09. The van der Waals surface area contributed by atoms with E-state index in [-0.39, 0.29) is 16.5 Å². The molecule has 0 atom stereocenters. The molecule has 0 saturated heterocycles. The molecule has 0 bridgehead atoms. The minimum absolute atomic E-state index is 0.164. The highest BCUT2D eigenvalue weighted by Gasteiger charge is 2.14. The van der Waals surface area contributed by atoms with Crippen molar-refractivity contribution in [2.75, 3.05) is 5.33 Å². The van der Waals surface area contributed by atoms with Crippen LogP contribution in [0.4, 0.5) is 4.39 Å². The fraction of sp³-hybridized carbons (Fsp3) is 0.111. The summed E-state index contributed by atoms with van der Waals surface area (Å²) >= 11 is 3.04. The second-order valence-electron chi connectivity index (χ2n) is 2.78. The van der Waals surface area contributed by atoms with Crippen LogP contribution in [0.15, 0.2) is 18.5 Å². The molecule has 0 unspecified atom stereocenters. The Morgan fingerprint density at radius 2 is 2.43 bits per heavy atom. The average Bonchev–Trinajstić information content (AvgIpc) is 2.62. The van der Waals surface area contributed by atoms with Gasteiger partial charge in [-0.3, -0.25) is 4.79 Å². The zero-order valence-corrected chi connectivity index (χ0v) is 8.64. The summed E-state index contributed by atoms with van der Waals surface area (Å²) in [5.74, 6) is -0.594. The Bertz CT molecular complexity index is 495. The largest absolute Gasteiger partial charge is 0.345 e. The second kappa shape index (κ2) is 3.49. The van der Waals surface area contributed by atoms with Gasteiger partial charge in [-0.1, -0.05) is 15.9 Å². The molecule has 0 spiro atoms. The number of alkyl halides is 1. The Balaban J connectivity index is 2.73. The van der Waals surface area contributed by atoms with Crippen molar-refractivity contribution in [3.63, 3.8) is 0 Å². The molecule has 2 aromatic rings. The number of nitrogens with zero attached hydrogens (tertiary/aromatic N) is 1. The molecule has 0 fully saturated rings. The van der Waals surface area contributed by atoms with E-state index < -0.39 is 5.82 Å². The summed E-state index contributed by atoms with van der Waals surface area (Å²) in [5.41, 5.74) is 0.733. The van der Waals surface area contributed by atoms with Crippen molar-refractivity contribution >= 4 is 32.7 Å². The van der Waals surface area contributed by atoms with Crippen LogP contribution in [0.2, 0.25) is 0 Å². The monoisotopic (exact) mass is 256 g/mol. The Labute approximate surface area is 87.5 Å². The summed E-state index contributed by atoms with van der Waals surface area (Å²) in [7, 11) is 0. The molecule has 0 aliphatic heterocycles. The van der Waals surface area contributed by atoms with Gasteiger partial charge >= 0.3 is 0 Å². The van der Waals surface area contributed by atoms with Gasteiger partial charge in [-0.15, -0.1) is 0 Å². The standard InChI is InChI=1S/C9H6BrFN2O/c10-3-7(14)5-4-13-9-8(5)6(11)1-2-12-9/h1-2,4H,3H2,(H,12,13). The highest BCUT2D eigenvalue weighted by atomic mass is 79.9. The lowest BCUT2D eigenvalue weighted by Gasteiger charge is -1.95. The van der Waals surface area contributed by atoms with E-state index in [1.165, 1.54) is 18.5 Å². The van der Waals surface area contributed by atoms with Crippen LogP contribution in [-0.4, -0.2) is 21.1 Å². The maximum Gasteiger partial charge on any atom is 0.175 e. The smallest absolute Gasteiger partial charge is 0.175 e. The number of aromatic amines is 1. The minimum atomic E-state index is -0.430. The fourth-order valence-corrected chi connectivity index (χ4v) is 1.61. The quantitative estimate of drug-likeness (QED) is 0.662. The normalized spacial score (nSPS) is 10.7. The van der Waals surface area contributed by atoms with Gasteiger partial charge in [0.15, 0.2) is 5.78 Å². The van der Waals surface area contributed by atoms with Crippen LogP contribution in [0, 0.1) is 5.82 Å². The number of fused-ring (bicyclic) bond motifs is 1. The highest BCUT2D eigenvalue weighted by Crippen LogP contribution is 2.20. The van der Waals surface area contributed by atoms with E-state index in [2.05, 4.69) is 25.9 Å². The molecule has 0 aliphatic carbocycles. The van der Waals surface area contributed by atoms with Gasteiger partial charge in [-0.05, 0) is 6.07 Å². The third kappa shape index (κ3) is 1.33. The van der Waals surface area contributed by atoms with E-state index in [1.54, 1.807) is 0 Å². The summed E-state index contributed by atoms with van der Waals surface area (Å²) in [6.45, 7) is 0. The molecule has 0 radical (unpaired) electrons. The number of hydrogen-bond donors (Lipinski definition) is 1. The van der Waals surface area contributed by atoms with Crippen LogP contribution < -0.4 is 0 Å². The molecule has 1 N–H and O–H groups in total. The molecule has 0 aromatic carbocycles. The Morgan fingerprint density at radius 3 is 3.14 bits per heavy atom. The zero-order valence-electron chi connectivity index (χ0n) is 7.05. The number of hydrogen-bond acceptors (Lipinski definition) is 2. The molecule has 14 heavy (non-hydrogen) atoms. The van der Waals surface area contributed by atoms with E-state index in [9.17, 15) is 9.18 Å². The van der Waals surface area contributed by atoms with E-state index in [1.807, 2.05) is 0 Å². The van der Waals surface area contributed by atoms with Gasteiger partial charge < -0.3 is 4.98 Å². The SMILES string of the molecule is O=C(CBr)c1c[nH]c2nccc(F)c12. The van der Waals surface area contributed by atoms with Crippen molar-refractivity contribution in [3.05, 3.63) is 29.8 Å². The van der Waals surface area contributed by atoms with Gasteiger partial charge in [0.2, 0.25) is 0 Å². The lowest BCUT2D eigenvalue weighted by Crippen LogP contribution is -1.99. The summed E-state index contributed by atoms with van der Waals surface area (Å²) in [5, 5.41) is 0.436. The van der Waals surface area contributed by atoms with Gasteiger partial charge in [0, 0.05) is 18.0 Å². The molecule has 72 valence electrons. The van der Waals surface area contributed by atoms with Gasteiger partial charge in [-0.25, -0.2) is 9.37 Å². The number of carbonyl (C=O) groups excluding carboxylic acids is 1. The minimum Gasteiger partial charge on any atom is -0.345 e. The summed E-state index contributed by atoms with van der Waals surface area (Å²) in [6.07, 6.45) is 2.83. The summed E-state index contributed by atoms with van der Waals surface area (Å²) < 4.78 is 13.3. The molecule has 0 saturated carbocycles. The predicted molar refractivity (Wildman–Crippen MR) is 54.2 cm³/mol. The van der Waals surface area contributed by atoms with Crippen molar-refractivity contribution in [1.29, 1.82) is 0 Å². The van der Waals surface area contributed by atoms with Crippen molar-refractivity contribution in [3.8, 4) is 0 Å². The number of ketones is 1. The third-order valence-electron chi connectivity index (χ3n) is 1.94. The number of aromatic nitrogens is 2. The van der Waals surface area contributed by atoms with Crippen LogP contribution in [0.1, 0.15) is 10.4 Å². The Kier molecular flexibility index (Phi) is 2.33. The number of pyridine rings is 1. The Hall–Kier alpha value is -1.23. The third-order valence-corrected chi connectivity index (χ3v) is 2.45. The molecule has 2 rings (SSSR count). The first-order valence-electron chi connectivity index (χ1n) is 3.95. The molecule has 0 amide bonds. The van der Waals surface area contributed by atoms with Crippen LogP contribution >= 0.6 is 15.9 Å². The number of Topliss-reactive ketones (excluding diaryl/α,β-unsaturated/α-hetero) is 1. The maximum atomic E-state index is 13.3.